The predicted molar refractivity (Wildman–Crippen MR) is 229 cm³/mol. The van der Waals surface area contributed by atoms with Crippen molar-refractivity contribution in [3.05, 3.63) is 11.6 Å². The fourth-order valence-electron chi connectivity index (χ4n) is 14.6. The lowest BCUT2D eigenvalue weighted by atomic mass is 9.34. The molecule has 3 heterocycles. The summed E-state index contributed by atoms with van der Waals surface area (Å²) in [7, 11) is 0. The van der Waals surface area contributed by atoms with Gasteiger partial charge in [-0.25, -0.2) is 0 Å². The first-order valence-corrected chi connectivity index (χ1v) is 23.9. The highest BCUT2D eigenvalue weighted by Crippen LogP contribution is 2.76. The summed E-state index contributed by atoms with van der Waals surface area (Å²) < 4.78 is 37.7. The fraction of sp³-hybridized carbons (Fsp3) is 0.957. The molecule has 0 bridgehead atoms. The summed E-state index contributed by atoms with van der Waals surface area (Å²) in [5, 5.41) is 131. The van der Waals surface area contributed by atoms with E-state index < -0.39 is 145 Å². The Kier molecular flexibility index (Phi) is 15.1. The van der Waals surface area contributed by atoms with Crippen molar-refractivity contribution in [3.63, 3.8) is 0 Å². The first kappa shape index (κ1) is 51.9. The van der Waals surface area contributed by atoms with Crippen molar-refractivity contribution in [1.82, 2.24) is 0 Å². The Morgan fingerprint density at radius 2 is 1.31 bits per heavy atom. The largest absolute Gasteiger partial charge is 0.394 e. The van der Waals surface area contributed by atoms with Crippen molar-refractivity contribution >= 4 is 0 Å². The molecule has 4 saturated carbocycles. The fourth-order valence-corrected chi connectivity index (χ4v) is 14.6. The second-order valence-corrected chi connectivity index (χ2v) is 22.6. The third-order valence-electron chi connectivity index (χ3n) is 18.3. The van der Waals surface area contributed by atoms with Crippen molar-refractivity contribution in [2.75, 3.05) is 19.8 Å². The van der Waals surface area contributed by atoms with Crippen LogP contribution < -0.4 is 0 Å². The molecule has 0 aromatic heterocycles. The van der Waals surface area contributed by atoms with E-state index in [0.717, 1.165) is 5.57 Å². The standard InChI is InChI=1S/C47H80O18/c1-21(2)10-9-13-47(8,65-41-37(59)34(56)32(54)26(18-48)62-41)22-11-15-45(6)30(22)23(50)16-28-44(5)14-12-29(52)43(3,4)39(44)25(17-46(28,45)7)61-42-38(35(57)33(55)27(19-49)63-42)64-40-36(58)31(53)24(51)20-60-40/h10,22-42,48-59H,9,11-20H2,1-8H3/t22-,23+,24+,25?,26+,27-,28+,29-,30-,31-,32+,33-,34-,35+,36+,37+,38-,39-,40-,41-,42-,44+,45+,46+,47+/m1/s1. The average Bonchev–Trinajstić information content (AvgIpc) is 3.63. The third kappa shape index (κ3) is 8.72. The van der Waals surface area contributed by atoms with Crippen molar-refractivity contribution in [1.29, 1.82) is 0 Å². The molecule has 18 nitrogen and oxygen atoms in total. The molecule has 7 rings (SSSR count). The van der Waals surface area contributed by atoms with Gasteiger partial charge in [-0.2, -0.15) is 0 Å². The SMILES string of the molecule is CC(C)=CCC[C@](C)(O[C@H]1O[C@@H](CO)[C@H](O)[C@@H](O)[C@@H]1O)[C@@H]1CC[C@@]2(C)[C@H]1[C@@H](O)C[C@H]1[C@]3(C)CC[C@@H](O)C(C)(C)[C@H]3C(O[C@@H]3O[C@H](CO)[C@@H](O)[C@H](O)[C@H]3O[C@H]3OC[C@H](O)[C@@H](O)[C@@H]3O)C[C@@]12C. The number of hydrogen-bond acceptors (Lipinski definition) is 18. The van der Waals surface area contributed by atoms with Crippen LogP contribution in [0.25, 0.3) is 0 Å². The highest BCUT2D eigenvalue weighted by atomic mass is 16.8. The van der Waals surface area contributed by atoms with Gasteiger partial charge in [0.15, 0.2) is 18.9 Å². The minimum absolute atomic E-state index is 0.0828. The van der Waals surface area contributed by atoms with Gasteiger partial charge < -0.3 is 89.7 Å². The second-order valence-electron chi connectivity index (χ2n) is 22.6. The Morgan fingerprint density at radius 3 is 1.94 bits per heavy atom. The van der Waals surface area contributed by atoms with Crippen molar-refractivity contribution in [2.45, 2.75) is 217 Å². The van der Waals surface area contributed by atoms with E-state index >= 15 is 0 Å². The number of aliphatic hydroxyl groups excluding tert-OH is 12. The van der Waals surface area contributed by atoms with Crippen LogP contribution in [0.15, 0.2) is 11.6 Å². The minimum Gasteiger partial charge on any atom is -0.394 e. The Morgan fingerprint density at radius 1 is 0.692 bits per heavy atom. The van der Waals surface area contributed by atoms with Crippen LogP contribution in [0.5, 0.6) is 0 Å². The number of allylic oxidation sites excluding steroid dienone is 2. The maximum Gasteiger partial charge on any atom is 0.187 e. The minimum atomic E-state index is -1.73. The molecule has 25 atom stereocenters. The first-order chi connectivity index (χ1) is 30.3. The summed E-state index contributed by atoms with van der Waals surface area (Å²) in [6, 6.07) is 0. The van der Waals surface area contributed by atoms with Gasteiger partial charge in [-0.1, -0.05) is 46.3 Å². The highest BCUT2D eigenvalue weighted by Gasteiger charge is 2.74. The molecule has 4 aliphatic carbocycles. The third-order valence-corrected chi connectivity index (χ3v) is 18.3. The zero-order chi connectivity index (χ0) is 47.9. The highest BCUT2D eigenvalue weighted by molar-refractivity contribution is 5.22. The summed E-state index contributed by atoms with van der Waals surface area (Å²) in [5.41, 5.74) is -2.41. The van der Waals surface area contributed by atoms with Crippen LogP contribution in [0, 0.1) is 45.3 Å². The molecule has 0 amide bonds. The zero-order valence-corrected chi connectivity index (χ0v) is 39.3. The van der Waals surface area contributed by atoms with Crippen molar-refractivity contribution < 1.29 is 89.7 Å². The first-order valence-electron chi connectivity index (χ1n) is 23.9. The Labute approximate surface area is 382 Å². The lowest BCUT2D eigenvalue weighted by molar-refractivity contribution is -0.377. The summed E-state index contributed by atoms with van der Waals surface area (Å²) in [6.07, 6.45) is -17.2. The number of rotatable bonds is 12. The van der Waals surface area contributed by atoms with Crippen LogP contribution in [0.2, 0.25) is 0 Å². The van der Waals surface area contributed by atoms with Crippen LogP contribution in [-0.2, 0) is 28.4 Å². The Balaban J connectivity index is 1.27. The molecule has 65 heavy (non-hydrogen) atoms. The van der Waals surface area contributed by atoms with Crippen LogP contribution in [0.1, 0.15) is 107 Å². The summed E-state index contributed by atoms with van der Waals surface area (Å²) in [6.45, 7) is 15.0. The van der Waals surface area contributed by atoms with E-state index in [1.165, 1.54) is 0 Å². The quantitative estimate of drug-likeness (QED) is 0.0874. The van der Waals surface area contributed by atoms with Crippen molar-refractivity contribution in [2.24, 2.45) is 45.3 Å². The van der Waals surface area contributed by atoms with Gasteiger partial charge in [-0.15, -0.1) is 0 Å². The maximum absolute atomic E-state index is 12.7. The average molecular weight is 933 g/mol. The van der Waals surface area contributed by atoms with Gasteiger partial charge in [0.05, 0.1) is 43.7 Å². The second kappa shape index (κ2) is 19.0. The van der Waals surface area contributed by atoms with E-state index in [2.05, 4.69) is 26.8 Å². The van der Waals surface area contributed by atoms with E-state index in [1.807, 2.05) is 34.6 Å². The van der Waals surface area contributed by atoms with Crippen LogP contribution in [0.3, 0.4) is 0 Å². The summed E-state index contributed by atoms with van der Waals surface area (Å²) >= 11 is 0. The molecule has 1 unspecified atom stereocenters. The Bertz CT molecular complexity index is 1660. The molecule has 0 aromatic rings. The van der Waals surface area contributed by atoms with Gasteiger partial charge >= 0.3 is 0 Å². The molecule has 3 aliphatic heterocycles. The molecule has 7 fully saturated rings. The Hall–Kier alpha value is -0.980. The zero-order valence-electron chi connectivity index (χ0n) is 39.3. The lowest BCUT2D eigenvalue weighted by Crippen LogP contribution is -2.71. The molecule has 376 valence electrons. The van der Waals surface area contributed by atoms with Gasteiger partial charge in [-0.05, 0) is 117 Å². The number of hydrogen-bond donors (Lipinski definition) is 12. The molecule has 18 heteroatoms. The number of fused-ring (bicyclic) bond motifs is 5. The number of aliphatic hydroxyl groups is 12. The molecule has 7 aliphatic rings. The molecular weight excluding hydrogens is 852 g/mol. The molecule has 0 spiro atoms. The van der Waals surface area contributed by atoms with E-state index in [1.54, 1.807) is 0 Å². The molecular formula is C47H80O18. The van der Waals surface area contributed by atoms with Gasteiger partial charge in [0.2, 0.25) is 0 Å². The van der Waals surface area contributed by atoms with Gasteiger partial charge in [0.1, 0.15) is 67.1 Å². The van der Waals surface area contributed by atoms with E-state index in [4.69, 9.17) is 28.4 Å². The van der Waals surface area contributed by atoms with Crippen LogP contribution >= 0.6 is 0 Å². The van der Waals surface area contributed by atoms with E-state index in [9.17, 15) is 61.3 Å². The smallest absolute Gasteiger partial charge is 0.187 e. The van der Waals surface area contributed by atoms with Crippen molar-refractivity contribution in [3.8, 4) is 0 Å². The topological polar surface area (TPSA) is 298 Å². The molecule has 3 saturated heterocycles. The normalized spacial score (nSPS) is 53.0. The van der Waals surface area contributed by atoms with Gasteiger partial charge in [-0.3, -0.25) is 0 Å². The van der Waals surface area contributed by atoms with Crippen LogP contribution in [0.4, 0.5) is 0 Å². The lowest BCUT2D eigenvalue weighted by Gasteiger charge is -2.72. The number of ether oxygens (including phenoxy) is 6. The van der Waals surface area contributed by atoms with E-state index in [-0.39, 0.29) is 30.3 Å². The molecule has 0 radical (unpaired) electrons. The molecule has 12 N–H and O–H groups in total. The van der Waals surface area contributed by atoms with E-state index in [0.29, 0.717) is 51.4 Å². The summed E-state index contributed by atoms with van der Waals surface area (Å²) in [5.74, 6) is -1.11. The monoisotopic (exact) mass is 933 g/mol. The van der Waals surface area contributed by atoms with Gasteiger partial charge in [0.25, 0.3) is 0 Å². The molecule has 0 aromatic carbocycles. The predicted octanol–water partition coefficient (Wildman–Crippen LogP) is -0.417. The summed E-state index contributed by atoms with van der Waals surface area (Å²) in [4.78, 5) is 0. The maximum atomic E-state index is 12.7. The van der Waals surface area contributed by atoms with Crippen LogP contribution in [-0.4, -0.2) is 191 Å². The van der Waals surface area contributed by atoms with Gasteiger partial charge in [0, 0.05) is 0 Å².